The third kappa shape index (κ3) is 4.83. The smallest absolute Gasteiger partial charge is 0.335 e. The highest BCUT2D eigenvalue weighted by Crippen LogP contribution is 2.36. The summed E-state index contributed by atoms with van der Waals surface area (Å²) in [5, 5.41) is 12.9. The van der Waals surface area contributed by atoms with Crippen molar-refractivity contribution in [2.24, 2.45) is 0 Å². The van der Waals surface area contributed by atoms with Crippen molar-refractivity contribution in [3.8, 4) is 5.75 Å². The van der Waals surface area contributed by atoms with Gasteiger partial charge in [0.15, 0.2) is 0 Å². The second kappa shape index (κ2) is 9.40. The number of amides is 4. The molecule has 11 heteroatoms. The van der Waals surface area contributed by atoms with Crippen molar-refractivity contribution < 1.29 is 24.0 Å². The summed E-state index contributed by atoms with van der Waals surface area (Å²) in [6.45, 7) is 2.50. The van der Waals surface area contributed by atoms with Gasteiger partial charge in [0.1, 0.15) is 11.3 Å². The van der Waals surface area contributed by atoms with E-state index >= 15 is 0 Å². The molecule has 3 rings (SSSR count). The second-order valence-electron chi connectivity index (χ2n) is 6.39. The number of rotatable bonds is 6. The maximum absolute atomic E-state index is 12.9. The number of non-ortho nitro benzene ring substituents is 1. The number of carbonyl (C=O) groups excluding carboxylic acids is 3. The summed E-state index contributed by atoms with van der Waals surface area (Å²) in [6, 6.07) is 7.27. The van der Waals surface area contributed by atoms with Crippen LogP contribution in [0.25, 0.3) is 6.08 Å². The minimum atomic E-state index is -0.938. The number of ether oxygens (including phenoxy) is 1. The van der Waals surface area contributed by atoms with Gasteiger partial charge in [-0.15, -0.1) is 0 Å². The molecule has 1 heterocycles. The minimum Gasteiger partial charge on any atom is -0.491 e. The summed E-state index contributed by atoms with van der Waals surface area (Å²) < 4.78 is 6.90. The first-order valence-electron chi connectivity index (χ1n) is 9.00. The lowest BCUT2D eigenvalue weighted by atomic mass is 10.1. The third-order valence-corrected chi connectivity index (χ3v) is 5.38. The van der Waals surface area contributed by atoms with Crippen LogP contribution in [-0.2, 0) is 9.59 Å². The quantitative estimate of drug-likeness (QED) is 0.242. The molecular formula is C20H15Br2N3O6. The average Bonchev–Trinajstić information content (AvgIpc) is 2.71. The van der Waals surface area contributed by atoms with E-state index in [0.29, 0.717) is 26.9 Å². The third-order valence-electron chi connectivity index (χ3n) is 4.20. The number of carbonyl (C=O) groups is 3. The zero-order valence-electron chi connectivity index (χ0n) is 16.1. The Morgan fingerprint density at radius 1 is 1.13 bits per heavy atom. The summed E-state index contributed by atoms with van der Waals surface area (Å²) in [6.07, 6.45) is 2.17. The Kier molecular flexibility index (Phi) is 6.86. The van der Waals surface area contributed by atoms with Gasteiger partial charge in [-0.25, -0.2) is 9.69 Å². The van der Waals surface area contributed by atoms with Gasteiger partial charge in [-0.1, -0.05) is 6.92 Å². The van der Waals surface area contributed by atoms with E-state index in [-0.39, 0.29) is 16.9 Å². The number of imide groups is 2. The number of halogens is 2. The van der Waals surface area contributed by atoms with Crippen LogP contribution in [0.5, 0.6) is 5.75 Å². The van der Waals surface area contributed by atoms with Gasteiger partial charge in [-0.05, 0) is 74.2 Å². The summed E-state index contributed by atoms with van der Waals surface area (Å²) in [5.41, 5.74) is 0.149. The van der Waals surface area contributed by atoms with Crippen LogP contribution in [-0.4, -0.2) is 29.4 Å². The van der Waals surface area contributed by atoms with Gasteiger partial charge in [0.05, 0.1) is 26.2 Å². The van der Waals surface area contributed by atoms with Crippen molar-refractivity contribution in [3.05, 3.63) is 66.6 Å². The van der Waals surface area contributed by atoms with Crippen molar-refractivity contribution in [1.82, 2.24) is 5.32 Å². The van der Waals surface area contributed by atoms with E-state index in [0.717, 1.165) is 11.3 Å². The van der Waals surface area contributed by atoms with Crippen LogP contribution < -0.4 is 15.0 Å². The molecule has 0 atom stereocenters. The Bertz CT molecular complexity index is 1090. The van der Waals surface area contributed by atoms with Crippen LogP contribution in [0.4, 0.5) is 16.2 Å². The van der Waals surface area contributed by atoms with Gasteiger partial charge in [-0.3, -0.25) is 25.0 Å². The molecular weight excluding hydrogens is 538 g/mol. The van der Waals surface area contributed by atoms with Crippen LogP contribution >= 0.6 is 31.9 Å². The molecule has 9 nitrogen and oxygen atoms in total. The molecule has 0 saturated carbocycles. The molecule has 2 aromatic rings. The summed E-state index contributed by atoms with van der Waals surface area (Å²) >= 11 is 6.82. The maximum atomic E-state index is 12.9. The average molecular weight is 553 g/mol. The van der Waals surface area contributed by atoms with E-state index in [1.54, 1.807) is 12.1 Å². The van der Waals surface area contributed by atoms with Gasteiger partial charge in [0.2, 0.25) is 0 Å². The lowest BCUT2D eigenvalue weighted by Crippen LogP contribution is -2.54. The molecule has 0 aromatic heterocycles. The molecule has 1 N–H and O–H groups in total. The van der Waals surface area contributed by atoms with Crippen LogP contribution in [0.15, 0.2) is 50.9 Å². The highest BCUT2D eigenvalue weighted by molar-refractivity contribution is 9.11. The van der Waals surface area contributed by atoms with Crippen molar-refractivity contribution in [3.63, 3.8) is 0 Å². The Labute approximate surface area is 193 Å². The van der Waals surface area contributed by atoms with Crippen molar-refractivity contribution in [2.75, 3.05) is 11.5 Å². The van der Waals surface area contributed by atoms with E-state index in [1.807, 2.05) is 6.92 Å². The fourth-order valence-electron chi connectivity index (χ4n) is 2.79. The minimum absolute atomic E-state index is 0.0946. The Balaban J connectivity index is 1.96. The van der Waals surface area contributed by atoms with Crippen LogP contribution in [0.3, 0.4) is 0 Å². The molecule has 160 valence electrons. The number of hydrogen-bond donors (Lipinski definition) is 1. The number of nitrogens with zero attached hydrogens (tertiary/aromatic N) is 2. The van der Waals surface area contributed by atoms with Crippen LogP contribution in [0.2, 0.25) is 0 Å². The number of hydrogen-bond acceptors (Lipinski definition) is 6. The number of nitro benzene ring substituents is 1. The summed E-state index contributed by atoms with van der Waals surface area (Å²) in [4.78, 5) is 48.5. The van der Waals surface area contributed by atoms with E-state index in [4.69, 9.17) is 4.74 Å². The van der Waals surface area contributed by atoms with Gasteiger partial charge in [0.25, 0.3) is 17.5 Å². The molecule has 0 radical (unpaired) electrons. The van der Waals surface area contributed by atoms with Gasteiger partial charge < -0.3 is 4.74 Å². The molecule has 4 amide bonds. The number of anilines is 1. The molecule has 0 unspecified atom stereocenters. The molecule has 1 fully saturated rings. The van der Waals surface area contributed by atoms with Crippen molar-refractivity contribution >= 4 is 67.2 Å². The van der Waals surface area contributed by atoms with Crippen molar-refractivity contribution in [1.29, 1.82) is 0 Å². The largest absolute Gasteiger partial charge is 0.491 e. The normalized spacial score (nSPS) is 15.3. The lowest BCUT2D eigenvalue weighted by Gasteiger charge is -2.26. The summed E-state index contributed by atoms with van der Waals surface area (Å²) in [5.74, 6) is -1.10. The lowest BCUT2D eigenvalue weighted by molar-refractivity contribution is -0.384. The first-order chi connectivity index (χ1) is 14.7. The number of urea groups is 1. The molecule has 0 aliphatic carbocycles. The number of nitrogens with one attached hydrogen (secondary N) is 1. The fourth-order valence-corrected chi connectivity index (χ4v) is 4.24. The first kappa shape index (κ1) is 22.6. The Morgan fingerprint density at radius 2 is 1.74 bits per heavy atom. The Morgan fingerprint density at radius 3 is 2.29 bits per heavy atom. The number of nitro groups is 1. The van der Waals surface area contributed by atoms with Gasteiger partial charge >= 0.3 is 6.03 Å². The predicted octanol–water partition coefficient (Wildman–Crippen LogP) is 4.58. The van der Waals surface area contributed by atoms with Crippen molar-refractivity contribution in [2.45, 2.75) is 13.3 Å². The second-order valence-corrected chi connectivity index (χ2v) is 8.10. The predicted molar refractivity (Wildman–Crippen MR) is 120 cm³/mol. The monoisotopic (exact) mass is 551 g/mol. The molecule has 1 aliphatic rings. The van der Waals surface area contributed by atoms with Gasteiger partial charge in [0, 0.05) is 12.1 Å². The first-order valence-corrected chi connectivity index (χ1v) is 10.6. The molecule has 0 bridgehead atoms. The van der Waals surface area contributed by atoms with E-state index in [9.17, 15) is 24.5 Å². The molecule has 31 heavy (non-hydrogen) atoms. The zero-order chi connectivity index (χ0) is 22.7. The highest BCUT2D eigenvalue weighted by Gasteiger charge is 2.37. The van der Waals surface area contributed by atoms with Gasteiger partial charge in [-0.2, -0.15) is 0 Å². The fraction of sp³-hybridized carbons (Fsp3) is 0.150. The van der Waals surface area contributed by atoms with E-state index in [2.05, 4.69) is 37.2 Å². The standard InChI is InChI=1S/C20H15Br2N3O6/c1-2-7-31-17-15(21)9-11(10-16(17)22)8-14-18(26)23-20(28)24(19(14)27)12-3-5-13(6-4-12)25(29)30/h3-6,8-10H,2,7H2,1H3,(H,23,26,28)/b14-8+. The Hall–Kier alpha value is -3.05. The van der Waals surface area contributed by atoms with E-state index < -0.39 is 22.8 Å². The summed E-state index contributed by atoms with van der Waals surface area (Å²) in [7, 11) is 0. The zero-order valence-corrected chi connectivity index (χ0v) is 19.2. The number of benzene rings is 2. The SMILES string of the molecule is CCCOc1c(Br)cc(/C=C2\C(=O)NC(=O)N(c3ccc([N+](=O)[O-])cc3)C2=O)cc1Br. The van der Waals surface area contributed by atoms with Crippen LogP contribution in [0.1, 0.15) is 18.9 Å². The van der Waals surface area contributed by atoms with Crippen LogP contribution in [0, 0.1) is 10.1 Å². The maximum Gasteiger partial charge on any atom is 0.335 e. The molecule has 1 saturated heterocycles. The van der Waals surface area contributed by atoms with E-state index in [1.165, 1.54) is 30.3 Å². The molecule has 2 aromatic carbocycles. The highest BCUT2D eigenvalue weighted by atomic mass is 79.9. The number of barbiturate groups is 1. The molecule has 1 aliphatic heterocycles. The molecule has 0 spiro atoms. The topological polar surface area (TPSA) is 119 Å².